The van der Waals surface area contributed by atoms with E-state index < -0.39 is 0 Å². The van der Waals surface area contributed by atoms with Crippen LogP contribution in [0.3, 0.4) is 0 Å². The predicted molar refractivity (Wildman–Crippen MR) is 76.1 cm³/mol. The Balaban J connectivity index is 1.90. The maximum absolute atomic E-state index is 12.1. The minimum absolute atomic E-state index is 0.347. The van der Waals surface area contributed by atoms with Gasteiger partial charge in [-0.05, 0) is 32.2 Å². The summed E-state index contributed by atoms with van der Waals surface area (Å²) in [4.78, 5) is 14.2. The number of hydrogen-bond acceptors (Lipinski definition) is 3. The van der Waals surface area contributed by atoms with Gasteiger partial charge in [0, 0.05) is 38.1 Å². The molecule has 2 unspecified atom stereocenters. The van der Waals surface area contributed by atoms with Crippen LogP contribution in [0.25, 0.3) is 0 Å². The number of nitrogens with zero attached hydrogens (tertiary/aromatic N) is 1. The molecule has 2 aliphatic heterocycles. The molecular weight excluding hydrogens is 240 g/mol. The first kappa shape index (κ1) is 14.8. The zero-order valence-electron chi connectivity index (χ0n) is 12.2. The van der Waals surface area contributed by atoms with E-state index in [0.29, 0.717) is 17.9 Å². The van der Waals surface area contributed by atoms with Gasteiger partial charge in [-0.2, -0.15) is 0 Å². The Bertz CT molecular complexity index is 277. The zero-order valence-corrected chi connectivity index (χ0v) is 12.2. The number of ether oxygens (including phenoxy) is 1. The van der Waals surface area contributed by atoms with Crippen LogP contribution in [0.4, 0.5) is 0 Å². The monoisotopic (exact) mass is 268 g/mol. The van der Waals surface area contributed by atoms with Crippen molar-refractivity contribution < 1.29 is 9.53 Å². The van der Waals surface area contributed by atoms with E-state index in [1.54, 1.807) is 0 Å². The Morgan fingerprint density at radius 1 is 1.42 bits per heavy atom. The molecule has 0 aromatic heterocycles. The lowest BCUT2D eigenvalue weighted by atomic mass is 9.98. The normalized spacial score (nSPS) is 26.5. The first-order chi connectivity index (χ1) is 9.31. The molecule has 1 N–H and O–H groups in total. The average molecular weight is 268 g/mol. The van der Waals surface area contributed by atoms with Crippen LogP contribution in [-0.2, 0) is 9.53 Å². The van der Waals surface area contributed by atoms with E-state index in [1.807, 2.05) is 0 Å². The minimum Gasteiger partial charge on any atom is -0.381 e. The molecule has 2 fully saturated rings. The van der Waals surface area contributed by atoms with E-state index >= 15 is 0 Å². The number of carbonyl (C=O) groups is 1. The molecule has 4 nitrogen and oxygen atoms in total. The maximum Gasteiger partial charge on any atom is 0.222 e. The van der Waals surface area contributed by atoms with E-state index in [9.17, 15) is 4.79 Å². The molecule has 0 saturated carbocycles. The lowest BCUT2D eigenvalue weighted by molar-refractivity contribution is -0.131. The van der Waals surface area contributed by atoms with Gasteiger partial charge in [-0.25, -0.2) is 0 Å². The van der Waals surface area contributed by atoms with Crippen LogP contribution < -0.4 is 5.32 Å². The van der Waals surface area contributed by atoms with Crippen LogP contribution in [0.15, 0.2) is 0 Å². The third-order valence-corrected chi connectivity index (χ3v) is 4.28. The number of hydrogen-bond donors (Lipinski definition) is 1. The lowest BCUT2D eigenvalue weighted by Gasteiger charge is -2.30. The van der Waals surface area contributed by atoms with Crippen LogP contribution >= 0.6 is 0 Å². The van der Waals surface area contributed by atoms with Gasteiger partial charge in [-0.1, -0.05) is 13.3 Å². The Kier molecular flexibility index (Phi) is 6.11. The molecule has 2 rings (SSSR count). The molecule has 2 atom stereocenters. The summed E-state index contributed by atoms with van der Waals surface area (Å²) in [6, 6.07) is 0.407. The largest absolute Gasteiger partial charge is 0.381 e. The second-order valence-electron chi connectivity index (χ2n) is 5.83. The number of carbonyl (C=O) groups excluding carboxylic acids is 1. The molecule has 1 amide bonds. The number of likely N-dealkylation sites (tertiary alicyclic amines) is 1. The topological polar surface area (TPSA) is 41.6 Å². The summed E-state index contributed by atoms with van der Waals surface area (Å²) < 4.78 is 5.52. The summed E-state index contributed by atoms with van der Waals surface area (Å²) in [6.07, 6.45) is 6.42. The van der Waals surface area contributed by atoms with Crippen molar-refractivity contribution >= 4 is 5.91 Å². The highest BCUT2D eigenvalue weighted by molar-refractivity contribution is 5.76. The van der Waals surface area contributed by atoms with Crippen molar-refractivity contribution in [2.45, 2.75) is 51.5 Å². The molecule has 2 aliphatic rings. The van der Waals surface area contributed by atoms with Crippen LogP contribution in [-0.4, -0.2) is 49.7 Å². The van der Waals surface area contributed by atoms with Gasteiger partial charge in [0.05, 0.1) is 6.61 Å². The van der Waals surface area contributed by atoms with Gasteiger partial charge < -0.3 is 15.0 Å². The van der Waals surface area contributed by atoms with E-state index in [4.69, 9.17) is 4.74 Å². The smallest absolute Gasteiger partial charge is 0.222 e. The Hall–Kier alpha value is -0.610. The second-order valence-corrected chi connectivity index (χ2v) is 5.83. The Morgan fingerprint density at radius 3 is 3.05 bits per heavy atom. The molecule has 0 bridgehead atoms. The number of nitrogens with one attached hydrogen (secondary N) is 1. The molecule has 110 valence electrons. The van der Waals surface area contributed by atoms with Crippen molar-refractivity contribution in [2.24, 2.45) is 5.92 Å². The zero-order chi connectivity index (χ0) is 13.5. The van der Waals surface area contributed by atoms with Crippen molar-refractivity contribution in [2.75, 3.05) is 32.8 Å². The molecule has 0 aromatic carbocycles. The van der Waals surface area contributed by atoms with Gasteiger partial charge in [0.2, 0.25) is 5.91 Å². The SMILES string of the molecule is CCCNC(CN1CCCCCC1=O)C1CCOC1. The second kappa shape index (κ2) is 7.85. The minimum atomic E-state index is 0.347. The summed E-state index contributed by atoms with van der Waals surface area (Å²) in [5.74, 6) is 0.919. The molecule has 0 aliphatic carbocycles. The van der Waals surface area contributed by atoms with Crippen LogP contribution in [0.2, 0.25) is 0 Å². The van der Waals surface area contributed by atoms with Gasteiger partial charge in [0.1, 0.15) is 0 Å². The van der Waals surface area contributed by atoms with Gasteiger partial charge in [0.25, 0.3) is 0 Å². The summed E-state index contributed by atoms with van der Waals surface area (Å²) in [7, 11) is 0. The summed E-state index contributed by atoms with van der Waals surface area (Å²) >= 11 is 0. The number of rotatable bonds is 6. The predicted octanol–water partition coefficient (Wildman–Crippen LogP) is 1.79. The summed E-state index contributed by atoms with van der Waals surface area (Å²) in [5.41, 5.74) is 0. The Labute approximate surface area is 116 Å². The average Bonchev–Trinajstić information content (AvgIpc) is 2.87. The van der Waals surface area contributed by atoms with Crippen LogP contribution in [0.1, 0.15) is 45.4 Å². The quantitative estimate of drug-likeness (QED) is 0.798. The molecule has 2 saturated heterocycles. The fourth-order valence-electron chi connectivity index (χ4n) is 3.05. The first-order valence-corrected chi connectivity index (χ1v) is 7.90. The molecule has 0 spiro atoms. The third-order valence-electron chi connectivity index (χ3n) is 4.28. The number of amides is 1. The van der Waals surface area contributed by atoms with Gasteiger partial charge in [-0.15, -0.1) is 0 Å². The molecule has 2 heterocycles. The van der Waals surface area contributed by atoms with Crippen molar-refractivity contribution in [3.05, 3.63) is 0 Å². The Morgan fingerprint density at radius 2 is 2.32 bits per heavy atom. The van der Waals surface area contributed by atoms with E-state index in [0.717, 1.165) is 65.0 Å². The molecule has 0 radical (unpaired) electrons. The molecular formula is C15H28N2O2. The molecule has 0 aromatic rings. The summed E-state index contributed by atoms with van der Waals surface area (Å²) in [5, 5.41) is 3.63. The highest BCUT2D eigenvalue weighted by Crippen LogP contribution is 2.19. The fourth-order valence-corrected chi connectivity index (χ4v) is 3.05. The van der Waals surface area contributed by atoms with E-state index in [1.165, 1.54) is 6.42 Å². The van der Waals surface area contributed by atoms with Crippen molar-refractivity contribution in [1.29, 1.82) is 0 Å². The van der Waals surface area contributed by atoms with Gasteiger partial charge in [-0.3, -0.25) is 4.79 Å². The van der Waals surface area contributed by atoms with Crippen LogP contribution in [0.5, 0.6) is 0 Å². The van der Waals surface area contributed by atoms with Crippen molar-refractivity contribution in [1.82, 2.24) is 10.2 Å². The highest BCUT2D eigenvalue weighted by Gasteiger charge is 2.28. The first-order valence-electron chi connectivity index (χ1n) is 7.90. The van der Waals surface area contributed by atoms with E-state index in [-0.39, 0.29) is 0 Å². The van der Waals surface area contributed by atoms with Gasteiger partial charge >= 0.3 is 0 Å². The van der Waals surface area contributed by atoms with Crippen LogP contribution in [0, 0.1) is 5.92 Å². The lowest BCUT2D eigenvalue weighted by Crippen LogP contribution is -2.48. The molecule has 4 heteroatoms. The summed E-state index contributed by atoms with van der Waals surface area (Å²) in [6.45, 7) is 6.76. The van der Waals surface area contributed by atoms with Crippen molar-refractivity contribution in [3.63, 3.8) is 0 Å². The van der Waals surface area contributed by atoms with Gasteiger partial charge in [0.15, 0.2) is 0 Å². The fraction of sp³-hybridized carbons (Fsp3) is 0.933. The highest BCUT2D eigenvalue weighted by atomic mass is 16.5. The van der Waals surface area contributed by atoms with Crippen molar-refractivity contribution in [3.8, 4) is 0 Å². The van der Waals surface area contributed by atoms with E-state index in [2.05, 4.69) is 17.1 Å². The molecule has 19 heavy (non-hydrogen) atoms. The maximum atomic E-state index is 12.1. The standard InChI is InChI=1S/C15H28N2O2/c1-2-8-16-14(13-7-10-19-12-13)11-17-9-5-3-4-6-15(17)18/h13-14,16H,2-12H2,1H3. The third kappa shape index (κ3) is 4.46.